The Hall–Kier alpha value is -3.05. The molecule has 1 aromatic heterocycles. The van der Waals surface area contributed by atoms with Crippen molar-refractivity contribution in [2.45, 2.75) is 0 Å². The molecule has 0 amide bonds. The molecule has 0 saturated heterocycles. The number of benzene rings is 3. The van der Waals surface area contributed by atoms with Crippen molar-refractivity contribution in [3.05, 3.63) is 105 Å². The first kappa shape index (κ1) is 17.4. The molecule has 0 unspecified atom stereocenters. The summed E-state index contributed by atoms with van der Waals surface area (Å²) in [5.41, 5.74) is 1.96. The van der Waals surface area contributed by atoms with Crippen molar-refractivity contribution < 1.29 is 4.39 Å². The zero-order chi connectivity index (χ0) is 18.8. The van der Waals surface area contributed by atoms with Crippen LogP contribution in [0.5, 0.6) is 0 Å². The van der Waals surface area contributed by atoms with Crippen LogP contribution in [0.2, 0.25) is 0 Å². The summed E-state index contributed by atoms with van der Waals surface area (Å²) in [6.45, 7) is 0. The minimum Gasteiger partial charge on any atom is -0.268 e. The summed E-state index contributed by atoms with van der Waals surface area (Å²) in [6, 6.07) is 20.8. The molecule has 27 heavy (non-hydrogen) atoms. The zero-order valence-corrected chi connectivity index (χ0v) is 15.7. The molecule has 3 aromatic carbocycles. The molecule has 0 atom stereocenters. The first-order chi connectivity index (χ1) is 13.1. The Morgan fingerprint density at radius 1 is 0.926 bits per heavy atom. The number of hydrogen-bond acceptors (Lipinski definition) is 2. The van der Waals surface area contributed by atoms with E-state index in [2.05, 4.69) is 20.9 Å². The molecule has 4 rings (SSSR count). The zero-order valence-electron chi connectivity index (χ0n) is 14.1. The van der Waals surface area contributed by atoms with Gasteiger partial charge in [0.1, 0.15) is 11.6 Å². The number of aromatic nitrogens is 2. The number of rotatable bonds is 3. The molecule has 0 radical (unpaired) electrons. The van der Waals surface area contributed by atoms with Crippen LogP contribution < -0.4 is 5.56 Å². The molecule has 1 heterocycles. The van der Waals surface area contributed by atoms with Gasteiger partial charge in [0.2, 0.25) is 0 Å². The van der Waals surface area contributed by atoms with E-state index in [1.165, 1.54) is 16.7 Å². The topological polar surface area (TPSA) is 34.9 Å². The van der Waals surface area contributed by atoms with Crippen LogP contribution in [0.3, 0.4) is 0 Å². The molecule has 0 N–H and O–H groups in total. The highest BCUT2D eigenvalue weighted by molar-refractivity contribution is 9.10. The van der Waals surface area contributed by atoms with E-state index in [1.54, 1.807) is 30.3 Å². The van der Waals surface area contributed by atoms with Gasteiger partial charge >= 0.3 is 0 Å². The average molecular weight is 421 g/mol. The summed E-state index contributed by atoms with van der Waals surface area (Å²) in [7, 11) is 0. The van der Waals surface area contributed by atoms with E-state index in [1.807, 2.05) is 42.5 Å². The van der Waals surface area contributed by atoms with Gasteiger partial charge in [0.15, 0.2) is 0 Å². The molecule has 4 aromatic rings. The number of fused-ring (bicyclic) bond motifs is 1. The van der Waals surface area contributed by atoms with Gasteiger partial charge in [-0.1, -0.05) is 46.3 Å². The fourth-order valence-electron chi connectivity index (χ4n) is 2.88. The van der Waals surface area contributed by atoms with Gasteiger partial charge in [0.05, 0.1) is 16.6 Å². The number of halogens is 2. The van der Waals surface area contributed by atoms with Gasteiger partial charge in [-0.15, -0.1) is 0 Å². The summed E-state index contributed by atoms with van der Waals surface area (Å²) in [6.07, 6.45) is 3.68. The van der Waals surface area contributed by atoms with Crippen molar-refractivity contribution in [2.24, 2.45) is 0 Å². The van der Waals surface area contributed by atoms with Crippen LogP contribution in [-0.2, 0) is 0 Å². The molecule has 0 aliphatic carbocycles. The lowest BCUT2D eigenvalue weighted by molar-refractivity contribution is 0.627. The highest BCUT2D eigenvalue weighted by atomic mass is 79.9. The lowest BCUT2D eigenvalue weighted by Crippen LogP contribution is -2.22. The Bertz CT molecular complexity index is 1210. The predicted molar refractivity (Wildman–Crippen MR) is 110 cm³/mol. The monoisotopic (exact) mass is 420 g/mol. The first-order valence-electron chi connectivity index (χ1n) is 8.33. The maximum Gasteiger partial charge on any atom is 0.266 e. The largest absolute Gasteiger partial charge is 0.268 e. The normalized spacial score (nSPS) is 11.3. The van der Waals surface area contributed by atoms with E-state index in [9.17, 15) is 9.18 Å². The summed E-state index contributed by atoms with van der Waals surface area (Å²) in [4.78, 5) is 17.7. The van der Waals surface area contributed by atoms with Crippen molar-refractivity contribution in [3.8, 4) is 5.69 Å². The maximum atomic E-state index is 13.3. The molecule has 0 spiro atoms. The van der Waals surface area contributed by atoms with Gasteiger partial charge in [-0.05, 0) is 60.2 Å². The van der Waals surface area contributed by atoms with Crippen LogP contribution in [0.1, 0.15) is 11.4 Å². The Labute approximate surface area is 163 Å². The minimum atomic E-state index is -0.355. The molecule has 0 saturated carbocycles. The van der Waals surface area contributed by atoms with Crippen LogP contribution in [0.15, 0.2) is 82.1 Å². The number of nitrogens with zero attached hydrogens (tertiary/aromatic N) is 2. The Balaban J connectivity index is 1.93. The molecule has 5 heteroatoms. The average Bonchev–Trinajstić information content (AvgIpc) is 2.68. The standard InChI is InChI=1S/C22H14BrFN2O/c23-16-5-3-4-15(14-16)8-13-21-25-20-7-2-1-6-19(20)22(27)26(21)18-11-9-17(24)10-12-18/h1-14H/b13-8-. The molecule has 0 fully saturated rings. The van der Waals surface area contributed by atoms with Crippen LogP contribution >= 0.6 is 15.9 Å². The molecule has 132 valence electrons. The SMILES string of the molecule is O=c1c2ccccc2nc(/C=C\c2cccc(Br)c2)n1-c1ccc(F)cc1. The second-order valence-corrected chi connectivity index (χ2v) is 6.91. The Morgan fingerprint density at radius 2 is 1.70 bits per heavy atom. The lowest BCUT2D eigenvalue weighted by Gasteiger charge is -2.11. The summed E-state index contributed by atoms with van der Waals surface area (Å²) < 4.78 is 15.8. The summed E-state index contributed by atoms with van der Waals surface area (Å²) >= 11 is 3.45. The first-order valence-corrected chi connectivity index (χ1v) is 9.12. The van der Waals surface area contributed by atoms with Crippen LogP contribution in [0.25, 0.3) is 28.7 Å². The van der Waals surface area contributed by atoms with Crippen molar-refractivity contribution in [1.82, 2.24) is 9.55 Å². The van der Waals surface area contributed by atoms with Crippen molar-refractivity contribution in [2.75, 3.05) is 0 Å². The fourth-order valence-corrected chi connectivity index (χ4v) is 3.30. The molecule has 3 nitrogen and oxygen atoms in total. The van der Waals surface area contributed by atoms with E-state index in [-0.39, 0.29) is 11.4 Å². The second kappa shape index (κ2) is 7.29. The van der Waals surface area contributed by atoms with E-state index >= 15 is 0 Å². The maximum absolute atomic E-state index is 13.3. The molecule has 0 aliphatic rings. The van der Waals surface area contributed by atoms with Gasteiger partial charge in [-0.25, -0.2) is 9.37 Å². The summed E-state index contributed by atoms with van der Waals surface area (Å²) in [5.74, 6) is 0.122. The van der Waals surface area contributed by atoms with Crippen molar-refractivity contribution >= 4 is 39.0 Å². The van der Waals surface area contributed by atoms with Crippen LogP contribution in [0.4, 0.5) is 4.39 Å². The fraction of sp³-hybridized carbons (Fsp3) is 0. The van der Waals surface area contributed by atoms with Crippen LogP contribution in [-0.4, -0.2) is 9.55 Å². The van der Waals surface area contributed by atoms with E-state index in [0.29, 0.717) is 22.4 Å². The third-order valence-corrected chi connectivity index (χ3v) is 4.65. The minimum absolute atomic E-state index is 0.193. The lowest BCUT2D eigenvalue weighted by atomic mass is 10.2. The van der Waals surface area contributed by atoms with Gasteiger partial charge in [-0.3, -0.25) is 9.36 Å². The van der Waals surface area contributed by atoms with Gasteiger partial charge < -0.3 is 0 Å². The molecule has 0 bridgehead atoms. The van der Waals surface area contributed by atoms with E-state index in [0.717, 1.165) is 10.0 Å². The smallest absolute Gasteiger partial charge is 0.266 e. The Kier molecular flexibility index (Phi) is 4.69. The molecular formula is C22H14BrFN2O. The van der Waals surface area contributed by atoms with E-state index < -0.39 is 0 Å². The second-order valence-electron chi connectivity index (χ2n) is 5.99. The third-order valence-electron chi connectivity index (χ3n) is 4.16. The van der Waals surface area contributed by atoms with Gasteiger partial charge in [0.25, 0.3) is 5.56 Å². The summed E-state index contributed by atoms with van der Waals surface area (Å²) in [5, 5.41) is 0.515. The van der Waals surface area contributed by atoms with Gasteiger partial charge in [-0.2, -0.15) is 0 Å². The van der Waals surface area contributed by atoms with Gasteiger partial charge in [0, 0.05) is 4.47 Å². The van der Waals surface area contributed by atoms with E-state index in [4.69, 9.17) is 0 Å². The number of para-hydroxylation sites is 1. The Morgan fingerprint density at radius 3 is 2.48 bits per heavy atom. The van der Waals surface area contributed by atoms with Crippen molar-refractivity contribution in [1.29, 1.82) is 0 Å². The van der Waals surface area contributed by atoms with Crippen LogP contribution in [0, 0.1) is 5.82 Å². The molecule has 0 aliphatic heterocycles. The highest BCUT2D eigenvalue weighted by Gasteiger charge is 2.11. The highest BCUT2D eigenvalue weighted by Crippen LogP contribution is 2.17. The number of hydrogen-bond donors (Lipinski definition) is 0. The third kappa shape index (κ3) is 3.59. The van der Waals surface area contributed by atoms with Crippen molar-refractivity contribution in [3.63, 3.8) is 0 Å². The quantitative estimate of drug-likeness (QED) is 0.441. The predicted octanol–water partition coefficient (Wildman–Crippen LogP) is 5.46. The molecular weight excluding hydrogens is 407 g/mol.